The Balaban J connectivity index is 2.03. The highest BCUT2D eigenvalue weighted by Crippen LogP contribution is 2.23. The molecule has 1 aromatic carbocycles. The second-order valence-electron chi connectivity index (χ2n) is 3.86. The van der Waals surface area contributed by atoms with E-state index in [1.54, 1.807) is 29.5 Å². The zero-order chi connectivity index (χ0) is 13.1. The van der Waals surface area contributed by atoms with Crippen LogP contribution in [-0.4, -0.2) is 5.78 Å². The number of thiophene rings is 1. The fourth-order valence-corrected chi connectivity index (χ4v) is 3.54. The summed E-state index contributed by atoms with van der Waals surface area (Å²) in [5, 5.41) is 3.10. The first kappa shape index (κ1) is 14.1. The molecule has 0 saturated heterocycles. The second-order valence-corrected chi connectivity index (χ2v) is 6.61. The molecule has 2 rings (SSSR count). The van der Waals surface area contributed by atoms with Crippen molar-refractivity contribution in [3.8, 4) is 0 Å². The molecule has 0 aliphatic heterocycles. The van der Waals surface area contributed by atoms with Crippen molar-refractivity contribution in [1.29, 1.82) is 0 Å². The van der Waals surface area contributed by atoms with Crippen molar-refractivity contribution in [2.45, 2.75) is 12.8 Å². The van der Waals surface area contributed by atoms with E-state index in [2.05, 4.69) is 15.9 Å². The maximum Gasteiger partial charge on any atom is 0.142 e. The molecule has 5 heteroatoms. The molecular weight excluding hydrogens is 355 g/mol. The maximum atomic E-state index is 11.9. The number of Topliss-reactive ketones (excluding diaryl/α,β-unsaturated/α-hetero) is 1. The van der Waals surface area contributed by atoms with Crippen LogP contribution >= 0.6 is 50.5 Å². The minimum atomic E-state index is 0.147. The molecule has 1 nitrogen and oxygen atoms in total. The molecule has 0 fully saturated rings. The van der Waals surface area contributed by atoms with Gasteiger partial charge in [-0.05, 0) is 39.7 Å². The van der Waals surface area contributed by atoms with E-state index in [1.807, 2.05) is 11.4 Å². The fourth-order valence-electron chi connectivity index (χ4n) is 1.58. The molecule has 2 aromatic rings. The van der Waals surface area contributed by atoms with Gasteiger partial charge in [-0.1, -0.05) is 29.3 Å². The van der Waals surface area contributed by atoms with Gasteiger partial charge in [-0.25, -0.2) is 0 Å². The van der Waals surface area contributed by atoms with Gasteiger partial charge in [0.25, 0.3) is 0 Å². The van der Waals surface area contributed by atoms with Crippen LogP contribution in [0.3, 0.4) is 0 Å². The summed E-state index contributed by atoms with van der Waals surface area (Å²) < 4.78 is 1.01. The first-order valence-corrected chi connectivity index (χ1v) is 7.66. The summed E-state index contributed by atoms with van der Waals surface area (Å²) in [6, 6.07) is 7.17. The molecule has 94 valence electrons. The first-order chi connectivity index (χ1) is 8.54. The number of carbonyl (C=O) groups is 1. The summed E-state index contributed by atoms with van der Waals surface area (Å²) in [6.07, 6.45) is 0.779. The molecule has 18 heavy (non-hydrogen) atoms. The monoisotopic (exact) mass is 362 g/mol. The second kappa shape index (κ2) is 6.20. The lowest BCUT2D eigenvalue weighted by atomic mass is 10.1. The van der Waals surface area contributed by atoms with Gasteiger partial charge in [-0.2, -0.15) is 0 Å². The lowest BCUT2D eigenvalue weighted by Gasteiger charge is -2.03. The average Bonchev–Trinajstić information content (AvgIpc) is 2.68. The lowest BCUT2D eigenvalue weighted by molar-refractivity contribution is -0.117. The average molecular weight is 364 g/mol. The largest absolute Gasteiger partial charge is 0.299 e. The summed E-state index contributed by atoms with van der Waals surface area (Å²) in [5.74, 6) is 0.147. The molecule has 1 aromatic heterocycles. The van der Waals surface area contributed by atoms with Gasteiger partial charge in [-0.15, -0.1) is 11.3 Å². The zero-order valence-corrected chi connectivity index (χ0v) is 13.2. The van der Waals surface area contributed by atoms with E-state index in [4.69, 9.17) is 23.2 Å². The number of ketones is 1. The summed E-state index contributed by atoms with van der Waals surface area (Å²) in [4.78, 5) is 13.0. The molecule has 0 bridgehead atoms. The van der Waals surface area contributed by atoms with E-state index < -0.39 is 0 Å². The van der Waals surface area contributed by atoms with E-state index >= 15 is 0 Å². The standard InChI is InChI=1S/C13H9BrCl2OS/c14-9-4-12(18-7-9)6-11(17)3-8-1-2-10(15)5-13(8)16/h1-2,4-5,7H,3,6H2. The van der Waals surface area contributed by atoms with Gasteiger partial charge in [0.1, 0.15) is 5.78 Å². The quantitative estimate of drug-likeness (QED) is 0.732. The number of carbonyl (C=O) groups excluding carboxylic acids is 1. The predicted molar refractivity (Wildman–Crippen MR) is 80.9 cm³/mol. The van der Waals surface area contributed by atoms with Gasteiger partial charge < -0.3 is 0 Å². The normalized spacial score (nSPS) is 10.6. The van der Waals surface area contributed by atoms with Crippen LogP contribution in [0.15, 0.2) is 34.1 Å². The van der Waals surface area contributed by atoms with Crippen molar-refractivity contribution in [1.82, 2.24) is 0 Å². The molecule has 0 aliphatic carbocycles. The topological polar surface area (TPSA) is 17.1 Å². The van der Waals surface area contributed by atoms with E-state index in [0.717, 1.165) is 14.9 Å². The Morgan fingerprint density at radius 2 is 2.00 bits per heavy atom. The molecule has 0 unspecified atom stereocenters. The van der Waals surface area contributed by atoms with Gasteiger partial charge in [0, 0.05) is 37.6 Å². The Kier molecular flexibility index (Phi) is 4.84. The molecule has 0 N–H and O–H groups in total. The minimum Gasteiger partial charge on any atom is -0.299 e. The van der Waals surface area contributed by atoms with Crippen LogP contribution in [0.1, 0.15) is 10.4 Å². The highest BCUT2D eigenvalue weighted by atomic mass is 79.9. The van der Waals surface area contributed by atoms with Crippen LogP contribution in [0.25, 0.3) is 0 Å². The summed E-state index contributed by atoms with van der Waals surface area (Å²) in [7, 11) is 0. The van der Waals surface area contributed by atoms with Crippen LogP contribution in [0.4, 0.5) is 0 Å². The Hall–Kier alpha value is -0.350. The molecule has 0 saturated carbocycles. The van der Waals surface area contributed by atoms with Crippen molar-refractivity contribution >= 4 is 56.3 Å². The molecule has 0 atom stereocenters. The van der Waals surface area contributed by atoms with Crippen molar-refractivity contribution < 1.29 is 4.79 Å². The van der Waals surface area contributed by atoms with Crippen LogP contribution in [0.5, 0.6) is 0 Å². The third-order valence-electron chi connectivity index (χ3n) is 2.40. The van der Waals surface area contributed by atoms with Crippen LogP contribution < -0.4 is 0 Å². The number of hydrogen-bond donors (Lipinski definition) is 0. The van der Waals surface area contributed by atoms with Gasteiger partial charge in [0.15, 0.2) is 0 Å². The molecule has 0 amide bonds. The zero-order valence-electron chi connectivity index (χ0n) is 9.25. The fraction of sp³-hybridized carbons (Fsp3) is 0.154. The SMILES string of the molecule is O=C(Cc1cc(Br)cs1)Cc1ccc(Cl)cc1Cl. The summed E-state index contributed by atoms with van der Waals surface area (Å²) >= 11 is 16.8. The Morgan fingerprint density at radius 3 is 2.61 bits per heavy atom. The van der Waals surface area contributed by atoms with Gasteiger partial charge in [0.2, 0.25) is 0 Å². The minimum absolute atomic E-state index is 0.147. The van der Waals surface area contributed by atoms with Gasteiger partial charge in [0.05, 0.1) is 0 Å². The van der Waals surface area contributed by atoms with Crippen molar-refractivity contribution in [3.05, 3.63) is 54.6 Å². The van der Waals surface area contributed by atoms with E-state index in [-0.39, 0.29) is 5.78 Å². The summed E-state index contributed by atoms with van der Waals surface area (Å²) in [6.45, 7) is 0. The van der Waals surface area contributed by atoms with E-state index in [1.165, 1.54) is 0 Å². The van der Waals surface area contributed by atoms with Crippen LogP contribution in [0.2, 0.25) is 10.0 Å². The first-order valence-electron chi connectivity index (χ1n) is 5.23. The number of halogens is 3. The molecule has 0 spiro atoms. The van der Waals surface area contributed by atoms with E-state index in [0.29, 0.717) is 22.9 Å². The number of rotatable bonds is 4. The third kappa shape index (κ3) is 3.82. The smallest absolute Gasteiger partial charge is 0.142 e. The highest BCUT2D eigenvalue weighted by Gasteiger charge is 2.10. The van der Waals surface area contributed by atoms with E-state index in [9.17, 15) is 4.79 Å². The van der Waals surface area contributed by atoms with Crippen molar-refractivity contribution in [3.63, 3.8) is 0 Å². The third-order valence-corrected chi connectivity index (χ3v) is 4.68. The predicted octanol–water partition coefficient (Wildman–Crippen LogP) is 5.17. The van der Waals surface area contributed by atoms with Crippen LogP contribution in [0, 0.1) is 0 Å². The van der Waals surface area contributed by atoms with Gasteiger partial charge >= 0.3 is 0 Å². The Labute approximate surface area is 128 Å². The molecular formula is C13H9BrCl2OS. The number of benzene rings is 1. The summed E-state index contributed by atoms with van der Waals surface area (Å²) in [5.41, 5.74) is 0.821. The van der Waals surface area contributed by atoms with Gasteiger partial charge in [-0.3, -0.25) is 4.79 Å². The van der Waals surface area contributed by atoms with Crippen molar-refractivity contribution in [2.24, 2.45) is 0 Å². The maximum absolute atomic E-state index is 11.9. The molecule has 0 radical (unpaired) electrons. The Bertz CT molecular complexity index is 580. The van der Waals surface area contributed by atoms with Crippen molar-refractivity contribution in [2.75, 3.05) is 0 Å². The van der Waals surface area contributed by atoms with Crippen LogP contribution in [-0.2, 0) is 17.6 Å². The highest BCUT2D eigenvalue weighted by molar-refractivity contribution is 9.10. The Morgan fingerprint density at radius 1 is 1.22 bits per heavy atom. The molecule has 0 aliphatic rings. The lowest BCUT2D eigenvalue weighted by Crippen LogP contribution is -2.05. The number of hydrogen-bond acceptors (Lipinski definition) is 2. The molecule has 1 heterocycles.